The van der Waals surface area contributed by atoms with E-state index in [2.05, 4.69) is 5.32 Å². The smallest absolute Gasteiger partial charge is 0.394 e. The molecule has 0 saturated carbocycles. The first-order valence-electron chi connectivity index (χ1n) is 6.20. The summed E-state index contributed by atoms with van der Waals surface area (Å²) in [6.07, 6.45) is 0. The third-order valence-electron chi connectivity index (χ3n) is 2.80. The first-order chi connectivity index (χ1) is 9.98. The summed E-state index contributed by atoms with van der Waals surface area (Å²) in [7, 11) is 0. The molecule has 2 N–H and O–H groups in total. The van der Waals surface area contributed by atoms with Crippen molar-refractivity contribution in [1.82, 2.24) is 5.32 Å². The van der Waals surface area contributed by atoms with Crippen molar-refractivity contribution in [3.63, 3.8) is 0 Å². The maximum absolute atomic E-state index is 12.3. The van der Waals surface area contributed by atoms with Gasteiger partial charge in [-0.15, -0.1) is 11.3 Å². The number of benzene rings is 1. The molecular weight excluding hydrogens is 319 g/mol. The molecule has 2 rings (SSSR count). The SMILES string of the molecule is OCC(NCc1cccs1)c1ccc(SC(F)(F)F)cc1. The Morgan fingerprint density at radius 3 is 2.43 bits per heavy atom. The minimum Gasteiger partial charge on any atom is -0.394 e. The maximum atomic E-state index is 12.3. The molecule has 0 amide bonds. The van der Waals surface area contributed by atoms with Crippen LogP contribution in [0, 0.1) is 0 Å². The van der Waals surface area contributed by atoms with E-state index < -0.39 is 5.51 Å². The zero-order valence-corrected chi connectivity index (χ0v) is 12.6. The molecule has 0 fully saturated rings. The minimum absolute atomic E-state index is 0.114. The number of alkyl halides is 3. The van der Waals surface area contributed by atoms with Crippen LogP contribution >= 0.6 is 23.1 Å². The van der Waals surface area contributed by atoms with E-state index in [1.54, 1.807) is 23.5 Å². The maximum Gasteiger partial charge on any atom is 0.446 e. The fourth-order valence-corrected chi connectivity index (χ4v) is 3.02. The summed E-state index contributed by atoms with van der Waals surface area (Å²) in [6.45, 7) is 0.499. The van der Waals surface area contributed by atoms with E-state index in [4.69, 9.17) is 0 Å². The van der Waals surface area contributed by atoms with E-state index >= 15 is 0 Å². The van der Waals surface area contributed by atoms with E-state index in [9.17, 15) is 18.3 Å². The van der Waals surface area contributed by atoms with Crippen molar-refractivity contribution in [3.8, 4) is 0 Å². The summed E-state index contributed by atoms with van der Waals surface area (Å²) < 4.78 is 36.8. The highest BCUT2D eigenvalue weighted by atomic mass is 32.2. The Morgan fingerprint density at radius 2 is 1.90 bits per heavy atom. The van der Waals surface area contributed by atoms with Crippen molar-refractivity contribution < 1.29 is 18.3 Å². The van der Waals surface area contributed by atoms with Gasteiger partial charge in [0, 0.05) is 16.3 Å². The van der Waals surface area contributed by atoms with Crippen LogP contribution in [0.15, 0.2) is 46.7 Å². The second-order valence-electron chi connectivity index (χ2n) is 4.31. The molecule has 0 aliphatic heterocycles. The number of hydrogen-bond donors (Lipinski definition) is 2. The van der Waals surface area contributed by atoms with Gasteiger partial charge in [-0.25, -0.2) is 0 Å². The molecule has 1 atom stereocenters. The monoisotopic (exact) mass is 333 g/mol. The van der Waals surface area contributed by atoms with Gasteiger partial charge in [0.25, 0.3) is 0 Å². The Hall–Kier alpha value is -1.02. The molecule has 0 aliphatic carbocycles. The van der Waals surface area contributed by atoms with Gasteiger partial charge in [-0.2, -0.15) is 13.2 Å². The minimum atomic E-state index is -4.28. The number of rotatable bonds is 6. The molecule has 1 aromatic heterocycles. The lowest BCUT2D eigenvalue weighted by Crippen LogP contribution is -2.23. The van der Waals surface area contributed by atoms with Gasteiger partial charge in [-0.05, 0) is 40.9 Å². The number of halogens is 3. The van der Waals surface area contributed by atoms with Gasteiger partial charge in [0.1, 0.15) is 0 Å². The predicted molar refractivity (Wildman–Crippen MR) is 79.3 cm³/mol. The van der Waals surface area contributed by atoms with E-state index in [1.807, 2.05) is 17.5 Å². The van der Waals surface area contributed by atoms with E-state index in [0.717, 1.165) is 10.4 Å². The summed E-state index contributed by atoms with van der Waals surface area (Å²) in [5.41, 5.74) is -3.52. The third kappa shape index (κ3) is 5.35. The van der Waals surface area contributed by atoms with Crippen molar-refractivity contribution in [2.24, 2.45) is 0 Å². The lowest BCUT2D eigenvalue weighted by atomic mass is 10.1. The lowest BCUT2D eigenvalue weighted by molar-refractivity contribution is -0.0328. The van der Waals surface area contributed by atoms with Crippen molar-refractivity contribution in [3.05, 3.63) is 52.2 Å². The topological polar surface area (TPSA) is 32.3 Å². The Kier molecular flexibility index (Phi) is 5.69. The summed E-state index contributed by atoms with van der Waals surface area (Å²) in [4.78, 5) is 1.28. The Morgan fingerprint density at radius 1 is 1.19 bits per heavy atom. The van der Waals surface area contributed by atoms with Crippen LogP contribution in [-0.4, -0.2) is 17.2 Å². The van der Waals surface area contributed by atoms with Gasteiger partial charge in [0.05, 0.1) is 12.6 Å². The van der Waals surface area contributed by atoms with Crippen LogP contribution < -0.4 is 5.32 Å². The highest BCUT2D eigenvalue weighted by molar-refractivity contribution is 8.00. The van der Waals surface area contributed by atoms with Gasteiger partial charge in [0.2, 0.25) is 0 Å². The zero-order valence-electron chi connectivity index (χ0n) is 10.9. The molecule has 2 nitrogen and oxygen atoms in total. The zero-order chi connectivity index (χ0) is 15.3. The van der Waals surface area contributed by atoms with Crippen LogP contribution in [0.25, 0.3) is 0 Å². The quantitative estimate of drug-likeness (QED) is 0.778. The molecule has 0 bridgehead atoms. The Balaban J connectivity index is 1.98. The summed E-state index contributed by atoms with van der Waals surface area (Å²) in [6, 6.07) is 9.68. The van der Waals surface area contributed by atoms with Crippen molar-refractivity contribution in [2.45, 2.75) is 23.0 Å². The van der Waals surface area contributed by atoms with Crippen LogP contribution in [0.4, 0.5) is 13.2 Å². The molecule has 21 heavy (non-hydrogen) atoms. The fraction of sp³-hybridized carbons (Fsp3) is 0.286. The van der Waals surface area contributed by atoms with Crippen LogP contribution in [0.3, 0.4) is 0 Å². The normalized spacial score (nSPS) is 13.3. The second kappa shape index (κ2) is 7.31. The van der Waals surface area contributed by atoms with Crippen molar-refractivity contribution in [2.75, 3.05) is 6.61 Å². The molecule has 2 aromatic rings. The highest BCUT2D eigenvalue weighted by Gasteiger charge is 2.29. The Labute approximate surface area is 129 Å². The lowest BCUT2D eigenvalue weighted by Gasteiger charge is -2.16. The fourth-order valence-electron chi connectivity index (χ4n) is 1.83. The number of aliphatic hydroxyl groups is 1. The van der Waals surface area contributed by atoms with Gasteiger partial charge in [0.15, 0.2) is 0 Å². The highest BCUT2D eigenvalue weighted by Crippen LogP contribution is 2.37. The van der Waals surface area contributed by atoms with Gasteiger partial charge in [-0.1, -0.05) is 18.2 Å². The molecule has 1 heterocycles. The van der Waals surface area contributed by atoms with Crippen molar-refractivity contribution >= 4 is 23.1 Å². The molecule has 0 radical (unpaired) electrons. The molecule has 114 valence electrons. The standard InChI is InChI=1S/C14H14F3NOS2/c15-14(16,17)21-11-5-3-10(4-6-11)13(9-19)18-8-12-2-1-7-20-12/h1-7,13,18-19H,8-9H2. The number of aliphatic hydroxyl groups excluding tert-OH is 1. The van der Waals surface area contributed by atoms with Crippen LogP contribution in [-0.2, 0) is 6.54 Å². The number of nitrogens with one attached hydrogen (secondary N) is 1. The molecule has 0 aliphatic rings. The van der Waals surface area contributed by atoms with E-state index in [0.29, 0.717) is 6.54 Å². The Bertz CT molecular complexity index is 540. The first-order valence-corrected chi connectivity index (χ1v) is 7.90. The van der Waals surface area contributed by atoms with Gasteiger partial charge >= 0.3 is 5.51 Å². The molecule has 0 saturated heterocycles. The summed E-state index contributed by atoms with van der Waals surface area (Å²) >= 11 is 1.47. The van der Waals surface area contributed by atoms with E-state index in [1.165, 1.54) is 12.1 Å². The average molecular weight is 333 g/mol. The molecule has 1 unspecified atom stereocenters. The predicted octanol–water partition coefficient (Wildman–Crippen LogP) is 4.18. The molecule has 1 aromatic carbocycles. The average Bonchev–Trinajstić information content (AvgIpc) is 2.92. The van der Waals surface area contributed by atoms with Gasteiger partial charge in [-0.3, -0.25) is 0 Å². The van der Waals surface area contributed by atoms with Crippen LogP contribution in [0.1, 0.15) is 16.5 Å². The van der Waals surface area contributed by atoms with E-state index in [-0.39, 0.29) is 29.3 Å². The first kappa shape index (κ1) is 16.4. The van der Waals surface area contributed by atoms with Crippen LogP contribution in [0.2, 0.25) is 0 Å². The molecular formula is C14H14F3NOS2. The largest absolute Gasteiger partial charge is 0.446 e. The molecule has 0 spiro atoms. The third-order valence-corrected chi connectivity index (χ3v) is 4.42. The van der Waals surface area contributed by atoms with Crippen molar-refractivity contribution in [1.29, 1.82) is 0 Å². The second-order valence-corrected chi connectivity index (χ2v) is 6.48. The summed E-state index contributed by atoms with van der Waals surface area (Å²) in [5.74, 6) is 0. The number of thiophene rings is 1. The van der Waals surface area contributed by atoms with Crippen LogP contribution in [0.5, 0.6) is 0 Å². The summed E-state index contributed by atoms with van der Waals surface area (Å²) in [5, 5.41) is 14.6. The molecule has 7 heteroatoms. The number of thioether (sulfide) groups is 1. The van der Waals surface area contributed by atoms with Gasteiger partial charge < -0.3 is 10.4 Å². The number of hydrogen-bond acceptors (Lipinski definition) is 4.